The number of carbonyl (C=O) groups excluding carboxylic acids is 4. The van der Waals surface area contributed by atoms with Gasteiger partial charge in [-0.15, -0.1) is 0 Å². The number of nitrogens with zero attached hydrogens (tertiary/aromatic N) is 2. The number of amides is 3. The number of Topliss-reactive ketones (excluding diaryl/α,β-unsaturated/α-hetero) is 1. The third-order valence-electron chi connectivity index (χ3n) is 6.48. The molecule has 5 rings (SSSR count). The third kappa shape index (κ3) is 3.12. The highest BCUT2D eigenvalue weighted by Crippen LogP contribution is 2.45. The van der Waals surface area contributed by atoms with Gasteiger partial charge in [0.1, 0.15) is 5.75 Å². The first-order chi connectivity index (χ1) is 15.5. The number of ether oxygens (including phenoxy) is 1. The monoisotopic (exact) mass is 430 g/mol. The summed E-state index contributed by atoms with van der Waals surface area (Å²) in [7, 11) is 0. The molecule has 3 amide bonds. The second-order valence-corrected chi connectivity index (χ2v) is 8.38. The van der Waals surface area contributed by atoms with Crippen LogP contribution in [0.15, 0.2) is 72.3 Å². The minimum absolute atomic E-state index is 0.0943. The van der Waals surface area contributed by atoms with Crippen molar-refractivity contribution in [1.29, 1.82) is 0 Å². The molecule has 2 saturated heterocycles. The lowest BCUT2D eigenvalue weighted by atomic mass is 9.72. The number of benzene rings is 2. The Kier molecular flexibility index (Phi) is 4.89. The average Bonchev–Trinajstić information content (AvgIpc) is 3.05. The molecular weight excluding hydrogens is 408 g/mol. The summed E-state index contributed by atoms with van der Waals surface area (Å²) < 4.78 is 5.57. The second kappa shape index (κ2) is 7.75. The Bertz CT molecular complexity index is 1130. The van der Waals surface area contributed by atoms with Gasteiger partial charge in [0.25, 0.3) is 0 Å². The molecule has 2 fully saturated rings. The molecule has 7 heteroatoms. The van der Waals surface area contributed by atoms with E-state index >= 15 is 0 Å². The van der Waals surface area contributed by atoms with Crippen LogP contribution in [0.4, 0.5) is 10.5 Å². The minimum Gasteiger partial charge on any atom is -0.410 e. The van der Waals surface area contributed by atoms with Gasteiger partial charge in [0.05, 0.1) is 23.6 Å². The fraction of sp³-hybridized carbons (Fsp3) is 0.280. The molecule has 0 unspecified atom stereocenters. The standard InChI is InChI=1S/C25H22N2O5/c1-15-14-20(28)18-12-13-19-21(24(30)27(23(19)29)16-8-4-2-5-9-16)22(18)26(15)25(31)32-17-10-6-3-7-11-17/h2-12,15,19,21-22H,13-14H2,1H3/t15-,19-,21-,22+/m0/s1. The van der Waals surface area contributed by atoms with Gasteiger partial charge < -0.3 is 4.74 Å². The number of ketones is 1. The van der Waals surface area contributed by atoms with Crippen LogP contribution in [0, 0.1) is 11.8 Å². The zero-order chi connectivity index (χ0) is 22.4. The fourth-order valence-electron chi connectivity index (χ4n) is 5.05. The normalized spacial score (nSPS) is 27.0. The largest absolute Gasteiger partial charge is 0.416 e. The number of likely N-dealkylation sites (tertiary alicyclic amines) is 1. The summed E-state index contributed by atoms with van der Waals surface area (Å²) in [6.45, 7) is 1.76. The molecular formula is C25H22N2O5. The smallest absolute Gasteiger partial charge is 0.410 e. The molecule has 0 aromatic heterocycles. The van der Waals surface area contributed by atoms with Crippen LogP contribution in [0.3, 0.4) is 0 Å². The number of imide groups is 1. The van der Waals surface area contributed by atoms with Crippen LogP contribution in [0.2, 0.25) is 0 Å². The van der Waals surface area contributed by atoms with Gasteiger partial charge in [-0.05, 0) is 37.6 Å². The van der Waals surface area contributed by atoms with Crippen molar-refractivity contribution in [2.24, 2.45) is 11.8 Å². The summed E-state index contributed by atoms with van der Waals surface area (Å²) in [6, 6.07) is 16.1. The van der Waals surface area contributed by atoms with Crippen molar-refractivity contribution in [3.8, 4) is 5.75 Å². The van der Waals surface area contributed by atoms with Gasteiger partial charge in [0.2, 0.25) is 11.8 Å². The lowest BCUT2D eigenvalue weighted by Gasteiger charge is -2.45. The number of hydrogen-bond donors (Lipinski definition) is 0. The van der Waals surface area contributed by atoms with Crippen LogP contribution >= 0.6 is 0 Å². The molecule has 2 aromatic rings. The molecule has 7 nitrogen and oxygen atoms in total. The molecule has 2 aromatic carbocycles. The Morgan fingerprint density at radius 1 is 0.938 bits per heavy atom. The van der Waals surface area contributed by atoms with E-state index in [0.29, 0.717) is 23.4 Å². The first-order valence-electron chi connectivity index (χ1n) is 10.7. The Morgan fingerprint density at radius 3 is 2.28 bits per heavy atom. The van der Waals surface area contributed by atoms with Gasteiger partial charge in [-0.1, -0.05) is 42.5 Å². The number of fused-ring (bicyclic) bond motifs is 3. The molecule has 4 atom stereocenters. The highest BCUT2D eigenvalue weighted by Gasteiger charge is 2.58. The number of para-hydroxylation sites is 2. The van der Waals surface area contributed by atoms with Gasteiger partial charge in [-0.2, -0.15) is 0 Å². The average molecular weight is 430 g/mol. The number of piperidine rings is 1. The van der Waals surface area contributed by atoms with Crippen molar-refractivity contribution in [3.05, 3.63) is 72.3 Å². The Hall–Kier alpha value is -3.74. The predicted octanol–water partition coefficient (Wildman–Crippen LogP) is 3.35. The van der Waals surface area contributed by atoms with Crippen LogP contribution in [-0.2, 0) is 14.4 Å². The lowest BCUT2D eigenvalue weighted by Crippen LogP contribution is -2.59. The van der Waals surface area contributed by atoms with E-state index in [-0.39, 0.29) is 24.0 Å². The van der Waals surface area contributed by atoms with Crippen LogP contribution in [0.5, 0.6) is 5.75 Å². The highest BCUT2D eigenvalue weighted by atomic mass is 16.6. The van der Waals surface area contributed by atoms with Crippen LogP contribution in [0.1, 0.15) is 19.8 Å². The Morgan fingerprint density at radius 2 is 1.59 bits per heavy atom. The SMILES string of the molecule is C[C@H]1CC(=O)C2=CC[C@@H]3C(=O)N(c4ccccc4)C(=O)[C@@H]3[C@@H]2N1C(=O)Oc1ccccc1. The summed E-state index contributed by atoms with van der Waals surface area (Å²) in [6.07, 6.45) is 1.54. The van der Waals surface area contributed by atoms with Gasteiger partial charge in [0.15, 0.2) is 5.78 Å². The van der Waals surface area contributed by atoms with Gasteiger partial charge in [0, 0.05) is 18.0 Å². The number of allylic oxidation sites excluding steroid dienone is 1. The maximum Gasteiger partial charge on any atom is 0.416 e. The first kappa shape index (κ1) is 20.2. The topological polar surface area (TPSA) is 84.0 Å². The predicted molar refractivity (Wildman–Crippen MR) is 116 cm³/mol. The van der Waals surface area contributed by atoms with Crippen molar-refractivity contribution in [1.82, 2.24) is 4.90 Å². The second-order valence-electron chi connectivity index (χ2n) is 8.38. The molecule has 0 N–H and O–H groups in total. The maximum absolute atomic E-state index is 13.5. The molecule has 3 aliphatic rings. The van der Waals surface area contributed by atoms with E-state index in [2.05, 4.69) is 0 Å². The summed E-state index contributed by atoms with van der Waals surface area (Å²) in [5, 5.41) is 0. The van der Waals surface area contributed by atoms with E-state index in [1.54, 1.807) is 61.5 Å². The molecule has 0 spiro atoms. The quantitative estimate of drug-likeness (QED) is 0.683. The Balaban J connectivity index is 1.53. The number of hydrogen-bond acceptors (Lipinski definition) is 5. The van der Waals surface area contributed by atoms with E-state index < -0.39 is 30.0 Å². The third-order valence-corrected chi connectivity index (χ3v) is 6.48. The molecule has 32 heavy (non-hydrogen) atoms. The van der Waals surface area contributed by atoms with Crippen molar-refractivity contribution < 1.29 is 23.9 Å². The van der Waals surface area contributed by atoms with Crippen molar-refractivity contribution in [2.75, 3.05) is 4.90 Å². The van der Waals surface area contributed by atoms with Gasteiger partial charge >= 0.3 is 6.09 Å². The zero-order valence-electron chi connectivity index (χ0n) is 17.5. The number of carbonyl (C=O) groups is 4. The van der Waals surface area contributed by atoms with E-state index in [9.17, 15) is 19.2 Å². The highest BCUT2D eigenvalue weighted by molar-refractivity contribution is 6.23. The molecule has 2 aliphatic heterocycles. The van der Waals surface area contributed by atoms with Crippen molar-refractivity contribution >= 4 is 29.4 Å². The van der Waals surface area contributed by atoms with E-state index in [1.165, 1.54) is 9.80 Å². The minimum atomic E-state index is -0.827. The molecule has 0 bridgehead atoms. The van der Waals surface area contributed by atoms with Crippen molar-refractivity contribution in [2.45, 2.75) is 31.8 Å². The van der Waals surface area contributed by atoms with E-state index in [0.717, 1.165) is 0 Å². The van der Waals surface area contributed by atoms with Gasteiger partial charge in [-0.25, -0.2) is 9.69 Å². The lowest BCUT2D eigenvalue weighted by molar-refractivity contribution is -0.126. The van der Waals surface area contributed by atoms with Crippen LogP contribution in [0.25, 0.3) is 0 Å². The molecule has 0 radical (unpaired) electrons. The summed E-state index contributed by atoms with van der Waals surface area (Å²) in [5.74, 6) is -1.86. The van der Waals surface area contributed by atoms with Crippen LogP contribution < -0.4 is 9.64 Å². The number of anilines is 1. The van der Waals surface area contributed by atoms with Crippen LogP contribution in [-0.4, -0.2) is 40.7 Å². The first-order valence-corrected chi connectivity index (χ1v) is 10.7. The molecule has 162 valence electrons. The zero-order valence-corrected chi connectivity index (χ0v) is 17.5. The summed E-state index contributed by atoms with van der Waals surface area (Å²) >= 11 is 0. The molecule has 0 saturated carbocycles. The maximum atomic E-state index is 13.5. The Labute approximate surface area is 185 Å². The fourth-order valence-corrected chi connectivity index (χ4v) is 5.05. The number of rotatable bonds is 2. The van der Waals surface area contributed by atoms with E-state index in [1.807, 2.05) is 12.1 Å². The molecule has 1 aliphatic carbocycles. The molecule has 2 heterocycles. The van der Waals surface area contributed by atoms with Crippen molar-refractivity contribution in [3.63, 3.8) is 0 Å². The summed E-state index contributed by atoms with van der Waals surface area (Å²) in [5.41, 5.74) is 0.914. The summed E-state index contributed by atoms with van der Waals surface area (Å²) in [4.78, 5) is 55.5. The van der Waals surface area contributed by atoms with Gasteiger partial charge in [-0.3, -0.25) is 19.3 Å². The van der Waals surface area contributed by atoms with E-state index in [4.69, 9.17) is 4.74 Å².